The number of halogens is 2. The van der Waals surface area contributed by atoms with Gasteiger partial charge in [0.15, 0.2) is 0 Å². The van der Waals surface area contributed by atoms with Gasteiger partial charge in [0.25, 0.3) is 0 Å². The van der Waals surface area contributed by atoms with Crippen LogP contribution in [0.4, 0.5) is 4.79 Å². The van der Waals surface area contributed by atoms with Crippen molar-refractivity contribution in [2.75, 3.05) is 6.54 Å². The van der Waals surface area contributed by atoms with Gasteiger partial charge in [-0.05, 0) is 38.1 Å². The number of hydrogen-bond acceptors (Lipinski definition) is 3. The summed E-state index contributed by atoms with van der Waals surface area (Å²) < 4.78 is 7.06. The van der Waals surface area contributed by atoms with E-state index in [0.717, 1.165) is 0 Å². The van der Waals surface area contributed by atoms with Gasteiger partial charge in [0.1, 0.15) is 11.9 Å². The van der Waals surface area contributed by atoms with Crippen molar-refractivity contribution >= 4 is 29.2 Å². The van der Waals surface area contributed by atoms with Gasteiger partial charge in [0.05, 0.1) is 10.7 Å². The maximum absolute atomic E-state index is 11.9. The van der Waals surface area contributed by atoms with Crippen LogP contribution in [0.5, 0.6) is 5.75 Å². The third kappa shape index (κ3) is 3.68. The topological polar surface area (TPSA) is 56.2 Å². The first-order valence-corrected chi connectivity index (χ1v) is 7.22. The molecule has 1 heterocycles. The zero-order valence-corrected chi connectivity index (χ0v) is 13.1. The van der Waals surface area contributed by atoms with Crippen LogP contribution in [0.2, 0.25) is 10.0 Å². The van der Waals surface area contributed by atoms with E-state index >= 15 is 0 Å². The van der Waals surface area contributed by atoms with Crippen molar-refractivity contribution in [3.63, 3.8) is 0 Å². The van der Waals surface area contributed by atoms with Gasteiger partial charge in [0.2, 0.25) is 0 Å². The minimum atomic E-state index is -0.395. The average molecular weight is 328 g/mol. The Labute approximate surface area is 132 Å². The van der Waals surface area contributed by atoms with Crippen molar-refractivity contribution in [1.29, 1.82) is 0 Å². The van der Waals surface area contributed by atoms with Crippen molar-refractivity contribution in [1.82, 2.24) is 15.1 Å². The second-order valence-corrected chi connectivity index (χ2v) is 5.18. The summed E-state index contributed by atoms with van der Waals surface area (Å²) in [6.07, 6.45) is 1.15. The van der Waals surface area contributed by atoms with Gasteiger partial charge < -0.3 is 10.1 Å². The molecule has 1 N–H and O–H groups in total. The molecule has 1 aromatic carbocycles. The van der Waals surface area contributed by atoms with Gasteiger partial charge in [-0.15, -0.1) is 0 Å². The number of carbonyl (C=O) groups excluding carboxylic acids is 1. The Morgan fingerprint density at radius 3 is 2.86 bits per heavy atom. The molecule has 1 amide bonds. The number of rotatable bonds is 4. The van der Waals surface area contributed by atoms with E-state index in [1.54, 1.807) is 30.5 Å². The van der Waals surface area contributed by atoms with Gasteiger partial charge in [-0.1, -0.05) is 23.2 Å². The highest BCUT2D eigenvalue weighted by atomic mass is 35.5. The number of ether oxygens (including phenoxy) is 1. The van der Waals surface area contributed by atoms with Crippen molar-refractivity contribution in [3.8, 4) is 5.75 Å². The fourth-order valence-corrected chi connectivity index (χ4v) is 2.29. The summed E-state index contributed by atoms with van der Waals surface area (Å²) in [6, 6.07) is 6.41. The molecule has 0 bridgehead atoms. The van der Waals surface area contributed by atoms with Crippen molar-refractivity contribution < 1.29 is 9.53 Å². The SMILES string of the molecule is CCNC(=O)n1nccc1C(C)Oc1ccc(Cl)cc1Cl. The smallest absolute Gasteiger partial charge is 0.342 e. The Balaban J connectivity index is 2.19. The van der Waals surface area contributed by atoms with Gasteiger partial charge in [-0.2, -0.15) is 9.78 Å². The average Bonchev–Trinajstić information content (AvgIpc) is 2.91. The Hall–Kier alpha value is -1.72. The fourth-order valence-electron chi connectivity index (χ4n) is 1.84. The summed E-state index contributed by atoms with van der Waals surface area (Å²) in [5, 5.41) is 7.64. The zero-order valence-electron chi connectivity index (χ0n) is 11.6. The molecule has 0 aliphatic heterocycles. The van der Waals surface area contributed by atoms with Crippen LogP contribution in [0.1, 0.15) is 25.6 Å². The van der Waals surface area contributed by atoms with E-state index in [0.29, 0.717) is 28.0 Å². The number of benzene rings is 1. The first-order chi connectivity index (χ1) is 10.0. The monoisotopic (exact) mass is 327 g/mol. The molecule has 0 fully saturated rings. The molecule has 1 atom stereocenters. The maximum Gasteiger partial charge on any atom is 0.342 e. The number of amides is 1. The van der Waals surface area contributed by atoms with E-state index in [9.17, 15) is 4.79 Å². The van der Waals surface area contributed by atoms with Crippen molar-refractivity contribution in [2.45, 2.75) is 20.0 Å². The zero-order chi connectivity index (χ0) is 15.4. The molecule has 0 radical (unpaired) electrons. The van der Waals surface area contributed by atoms with Crippen LogP contribution in [0, 0.1) is 0 Å². The van der Waals surface area contributed by atoms with Crippen LogP contribution >= 0.6 is 23.2 Å². The third-order valence-corrected chi connectivity index (χ3v) is 3.34. The predicted octanol–water partition coefficient (Wildman–Crippen LogP) is 3.91. The van der Waals surface area contributed by atoms with E-state index in [1.807, 2.05) is 13.8 Å². The summed E-state index contributed by atoms with van der Waals surface area (Å²) in [6.45, 7) is 4.18. The summed E-state index contributed by atoms with van der Waals surface area (Å²) in [4.78, 5) is 11.9. The van der Waals surface area contributed by atoms with Crippen molar-refractivity contribution in [3.05, 3.63) is 46.2 Å². The van der Waals surface area contributed by atoms with E-state index < -0.39 is 6.10 Å². The second-order valence-electron chi connectivity index (χ2n) is 4.34. The lowest BCUT2D eigenvalue weighted by atomic mass is 10.2. The summed E-state index contributed by atoms with van der Waals surface area (Å²) in [5.41, 5.74) is 0.631. The summed E-state index contributed by atoms with van der Waals surface area (Å²) >= 11 is 11.9. The molecule has 21 heavy (non-hydrogen) atoms. The molecule has 0 saturated heterocycles. The highest BCUT2D eigenvalue weighted by Crippen LogP contribution is 2.31. The van der Waals surface area contributed by atoms with E-state index in [-0.39, 0.29) is 6.03 Å². The van der Waals surface area contributed by atoms with Crippen LogP contribution in [-0.4, -0.2) is 22.4 Å². The lowest BCUT2D eigenvalue weighted by Crippen LogP contribution is -2.31. The summed E-state index contributed by atoms with van der Waals surface area (Å²) in [7, 11) is 0. The third-order valence-electron chi connectivity index (χ3n) is 2.81. The van der Waals surface area contributed by atoms with Gasteiger partial charge in [0, 0.05) is 17.8 Å². The predicted molar refractivity (Wildman–Crippen MR) is 82.2 cm³/mol. The molecule has 112 valence electrons. The number of hydrogen-bond donors (Lipinski definition) is 1. The highest BCUT2D eigenvalue weighted by Gasteiger charge is 2.18. The van der Waals surface area contributed by atoms with Crippen LogP contribution < -0.4 is 10.1 Å². The maximum atomic E-state index is 11.9. The van der Waals surface area contributed by atoms with Crippen LogP contribution in [0.25, 0.3) is 0 Å². The summed E-state index contributed by atoms with van der Waals surface area (Å²) in [5.74, 6) is 0.497. The molecule has 7 heteroatoms. The lowest BCUT2D eigenvalue weighted by molar-refractivity contribution is 0.209. The van der Waals surface area contributed by atoms with Crippen LogP contribution in [0.3, 0.4) is 0 Å². The largest absolute Gasteiger partial charge is 0.483 e. The molecule has 2 aromatic rings. The standard InChI is InChI=1S/C14H15Cl2N3O2/c1-3-17-14(20)19-12(6-7-18-19)9(2)21-13-5-4-10(15)8-11(13)16/h4-9H,3H2,1-2H3,(H,17,20). The van der Waals surface area contributed by atoms with E-state index in [2.05, 4.69) is 10.4 Å². The van der Waals surface area contributed by atoms with Crippen LogP contribution in [-0.2, 0) is 0 Å². The first-order valence-electron chi connectivity index (χ1n) is 6.46. The molecule has 2 rings (SSSR count). The highest BCUT2D eigenvalue weighted by molar-refractivity contribution is 6.35. The fraction of sp³-hybridized carbons (Fsp3) is 0.286. The number of nitrogens with zero attached hydrogens (tertiary/aromatic N) is 2. The van der Waals surface area contributed by atoms with E-state index in [4.69, 9.17) is 27.9 Å². The number of nitrogens with one attached hydrogen (secondary N) is 1. The van der Waals surface area contributed by atoms with E-state index in [1.165, 1.54) is 4.68 Å². The number of aromatic nitrogens is 2. The van der Waals surface area contributed by atoms with Gasteiger partial charge in [-0.25, -0.2) is 4.79 Å². The quantitative estimate of drug-likeness (QED) is 0.926. The molecular formula is C14H15Cl2N3O2. The Morgan fingerprint density at radius 1 is 1.43 bits per heavy atom. The normalized spacial score (nSPS) is 12.0. The molecule has 1 unspecified atom stereocenters. The minimum Gasteiger partial charge on any atom is -0.483 e. The lowest BCUT2D eigenvalue weighted by Gasteiger charge is -2.17. The molecule has 0 saturated carbocycles. The Bertz CT molecular complexity index is 643. The first kappa shape index (κ1) is 15.7. The second kappa shape index (κ2) is 6.83. The molecule has 0 aliphatic rings. The Morgan fingerprint density at radius 2 is 2.19 bits per heavy atom. The van der Waals surface area contributed by atoms with Gasteiger partial charge >= 0.3 is 6.03 Å². The molecule has 0 aliphatic carbocycles. The molecular weight excluding hydrogens is 313 g/mol. The number of carbonyl (C=O) groups is 1. The van der Waals surface area contributed by atoms with Crippen LogP contribution in [0.15, 0.2) is 30.5 Å². The Kier molecular flexibility index (Phi) is 5.09. The molecule has 5 nitrogen and oxygen atoms in total. The molecule has 0 spiro atoms. The minimum absolute atomic E-state index is 0.296. The van der Waals surface area contributed by atoms with Crippen molar-refractivity contribution in [2.24, 2.45) is 0 Å². The molecule has 1 aromatic heterocycles. The van der Waals surface area contributed by atoms with Gasteiger partial charge in [-0.3, -0.25) is 0 Å².